The maximum absolute atomic E-state index is 12.0. The van der Waals surface area contributed by atoms with Crippen molar-refractivity contribution in [3.05, 3.63) is 36.2 Å². The van der Waals surface area contributed by atoms with Crippen molar-refractivity contribution in [1.82, 2.24) is 15.3 Å². The Labute approximate surface area is 142 Å². The fraction of sp³-hybridized carbons (Fsp3) is 0.474. The molecule has 2 heterocycles. The third-order valence-electron chi connectivity index (χ3n) is 4.17. The van der Waals surface area contributed by atoms with Gasteiger partial charge in [0, 0.05) is 24.0 Å². The van der Waals surface area contributed by atoms with Crippen molar-refractivity contribution in [2.75, 3.05) is 0 Å². The number of nitrogens with zero attached hydrogens (tertiary/aromatic N) is 1. The van der Waals surface area contributed by atoms with Gasteiger partial charge in [-0.1, -0.05) is 6.08 Å². The molecule has 24 heavy (non-hydrogen) atoms. The van der Waals surface area contributed by atoms with Crippen molar-refractivity contribution in [2.24, 2.45) is 0 Å². The summed E-state index contributed by atoms with van der Waals surface area (Å²) in [5.74, 6) is 0. The Bertz CT molecular complexity index is 755. The molecule has 1 atom stereocenters. The van der Waals surface area contributed by atoms with Gasteiger partial charge in [0.15, 0.2) is 0 Å². The number of aromatic amines is 1. The van der Waals surface area contributed by atoms with Gasteiger partial charge in [0.25, 0.3) is 0 Å². The molecule has 0 spiro atoms. The van der Waals surface area contributed by atoms with Gasteiger partial charge in [0.2, 0.25) is 0 Å². The van der Waals surface area contributed by atoms with Crippen LogP contribution in [0.1, 0.15) is 52.0 Å². The van der Waals surface area contributed by atoms with E-state index in [1.165, 1.54) is 11.1 Å². The summed E-state index contributed by atoms with van der Waals surface area (Å²) in [7, 11) is 0. The Morgan fingerprint density at radius 2 is 2.21 bits per heavy atom. The van der Waals surface area contributed by atoms with Crippen LogP contribution >= 0.6 is 0 Å². The predicted octanol–water partition coefficient (Wildman–Crippen LogP) is 4.41. The highest BCUT2D eigenvalue weighted by Crippen LogP contribution is 2.30. The van der Waals surface area contributed by atoms with Crippen LogP contribution in [0, 0.1) is 0 Å². The summed E-state index contributed by atoms with van der Waals surface area (Å²) < 4.78 is 5.36. The number of hydrogen-bond acceptors (Lipinski definition) is 3. The molecule has 0 bridgehead atoms. The van der Waals surface area contributed by atoms with E-state index >= 15 is 0 Å². The molecule has 0 saturated heterocycles. The molecule has 5 nitrogen and oxygen atoms in total. The molecular formula is C19H25N3O2. The summed E-state index contributed by atoms with van der Waals surface area (Å²) in [5.41, 5.74) is 4.08. The van der Waals surface area contributed by atoms with Crippen LogP contribution in [-0.2, 0) is 4.74 Å². The topological polar surface area (TPSA) is 67.0 Å². The Morgan fingerprint density at radius 3 is 3.00 bits per heavy atom. The lowest BCUT2D eigenvalue weighted by atomic mass is 10.0. The Balaban J connectivity index is 1.65. The second-order valence-electron chi connectivity index (χ2n) is 7.29. The molecule has 2 aromatic rings. The van der Waals surface area contributed by atoms with Crippen LogP contribution < -0.4 is 5.32 Å². The zero-order valence-electron chi connectivity index (χ0n) is 14.6. The van der Waals surface area contributed by atoms with Crippen molar-refractivity contribution in [1.29, 1.82) is 0 Å². The van der Waals surface area contributed by atoms with Gasteiger partial charge in [0.05, 0.1) is 11.0 Å². The molecule has 3 rings (SSSR count). The quantitative estimate of drug-likeness (QED) is 0.858. The standard InChI is InChI=1S/C19H25N3O2/c1-19(2,3)24-18(23)22-14-7-4-6-13(9-10-14)15-12-21-16-8-5-11-20-17(15)16/h5-6,8,11-12,14,21H,4,7,9-10H2,1-3H3,(H,22,23). The third kappa shape index (κ3) is 3.96. The second kappa shape index (κ2) is 6.67. The maximum Gasteiger partial charge on any atom is 0.407 e. The van der Waals surface area contributed by atoms with Gasteiger partial charge in [-0.3, -0.25) is 4.98 Å². The summed E-state index contributed by atoms with van der Waals surface area (Å²) in [5, 5.41) is 3.00. The average Bonchev–Trinajstić information content (AvgIpc) is 2.79. The zero-order valence-corrected chi connectivity index (χ0v) is 14.6. The van der Waals surface area contributed by atoms with E-state index in [1.807, 2.05) is 45.3 Å². The summed E-state index contributed by atoms with van der Waals surface area (Å²) in [4.78, 5) is 19.7. The first-order valence-corrected chi connectivity index (χ1v) is 8.53. The molecule has 1 aliphatic rings. The number of carbonyl (C=O) groups is 1. The Kier molecular flexibility index (Phi) is 4.60. The number of allylic oxidation sites excluding steroid dienone is 2. The number of nitrogens with one attached hydrogen (secondary N) is 2. The summed E-state index contributed by atoms with van der Waals surface area (Å²) in [6, 6.07) is 4.12. The van der Waals surface area contributed by atoms with E-state index in [9.17, 15) is 4.79 Å². The van der Waals surface area contributed by atoms with Gasteiger partial charge in [-0.25, -0.2) is 4.79 Å². The average molecular weight is 327 g/mol. The highest BCUT2D eigenvalue weighted by molar-refractivity contribution is 5.89. The van der Waals surface area contributed by atoms with Crippen LogP contribution in [0.15, 0.2) is 30.6 Å². The molecule has 1 amide bonds. The van der Waals surface area contributed by atoms with E-state index in [-0.39, 0.29) is 12.1 Å². The van der Waals surface area contributed by atoms with Crippen molar-refractivity contribution in [3.8, 4) is 0 Å². The van der Waals surface area contributed by atoms with Crippen LogP contribution in [0.2, 0.25) is 0 Å². The minimum absolute atomic E-state index is 0.145. The third-order valence-corrected chi connectivity index (χ3v) is 4.17. The van der Waals surface area contributed by atoms with Crippen molar-refractivity contribution in [3.63, 3.8) is 0 Å². The predicted molar refractivity (Wildman–Crippen MR) is 95.7 cm³/mol. The molecule has 1 aliphatic carbocycles. The lowest BCUT2D eigenvalue weighted by Crippen LogP contribution is -2.38. The Morgan fingerprint density at radius 1 is 1.38 bits per heavy atom. The molecule has 0 radical (unpaired) electrons. The fourth-order valence-corrected chi connectivity index (χ4v) is 3.10. The molecule has 0 aromatic carbocycles. The largest absolute Gasteiger partial charge is 0.444 e. The molecule has 0 aliphatic heterocycles. The van der Waals surface area contributed by atoms with Crippen molar-refractivity contribution < 1.29 is 9.53 Å². The van der Waals surface area contributed by atoms with Gasteiger partial charge in [-0.2, -0.15) is 0 Å². The van der Waals surface area contributed by atoms with Crippen LogP contribution in [0.3, 0.4) is 0 Å². The van der Waals surface area contributed by atoms with Crippen LogP contribution in [0.25, 0.3) is 16.6 Å². The molecule has 128 valence electrons. The normalized spacial score (nSPS) is 18.8. The van der Waals surface area contributed by atoms with E-state index < -0.39 is 5.60 Å². The number of amides is 1. The number of carbonyl (C=O) groups excluding carboxylic acids is 1. The smallest absolute Gasteiger partial charge is 0.407 e. The van der Waals surface area contributed by atoms with Crippen LogP contribution in [0.5, 0.6) is 0 Å². The van der Waals surface area contributed by atoms with E-state index in [1.54, 1.807) is 0 Å². The summed E-state index contributed by atoms with van der Waals surface area (Å²) in [6.45, 7) is 5.63. The number of rotatable bonds is 2. The van der Waals surface area contributed by atoms with E-state index in [0.717, 1.165) is 36.7 Å². The van der Waals surface area contributed by atoms with Gasteiger partial charge < -0.3 is 15.0 Å². The first-order valence-electron chi connectivity index (χ1n) is 8.53. The van der Waals surface area contributed by atoms with Crippen molar-refractivity contribution >= 4 is 22.7 Å². The van der Waals surface area contributed by atoms with Gasteiger partial charge >= 0.3 is 6.09 Å². The number of alkyl carbamates (subject to hydrolysis) is 1. The number of hydrogen-bond donors (Lipinski definition) is 2. The van der Waals surface area contributed by atoms with Crippen molar-refractivity contribution in [2.45, 2.75) is 58.1 Å². The lowest BCUT2D eigenvalue weighted by Gasteiger charge is -2.23. The van der Waals surface area contributed by atoms with Gasteiger partial charge in [-0.05, 0) is 64.2 Å². The Hall–Kier alpha value is -2.30. The van der Waals surface area contributed by atoms with Gasteiger partial charge in [-0.15, -0.1) is 0 Å². The molecular weight excluding hydrogens is 302 g/mol. The number of fused-ring (bicyclic) bond motifs is 1. The minimum atomic E-state index is -0.464. The highest BCUT2D eigenvalue weighted by Gasteiger charge is 2.21. The molecule has 2 N–H and O–H groups in total. The van der Waals surface area contributed by atoms with Gasteiger partial charge in [0.1, 0.15) is 5.60 Å². The molecule has 1 unspecified atom stereocenters. The monoisotopic (exact) mass is 327 g/mol. The lowest BCUT2D eigenvalue weighted by molar-refractivity contribution is 0.0500. The highest BCUT2D eigenvalue weighted by atomic mass is 16.6. The van der Waals surface area contributed by atoms with E-state index in [4.69, 9.17) is 4.74 Å². The molecule has 5 heteroatoms. The first kappa shape index (κ1) is 16.6. The second-order valence-corrected chi connectivity index (χ2v) is 7.29. The van der Waals surface area contributed by atoms with Crippen LogP contribution in [0.4, 0.5) is 4.79 Å². The SMILES string of the molecule is CC(C)(C)OC(=O)NC1CCC=C(c2c[nH]c3cccnc23)CC1. The summed E-state index contributed by atoms with van der Waals surface area (Å²) >= 11 is 0. The number of ether oxygens (including phenoxy) is 1. The first-order chi connectivity index (χ1) is 11.4. The van der Waals surface area contributed by atoms with E-state index in [2.05, 4.69) is 21.4 Å². The number of H-pyrrole nitrogens is 1. The number of pyridine rings is 1. The number of aromatic nitrogens is 2. The summed E-state index contributed by atoms with van der Waals surface area (Å²) in [6.07, 6.45) is 9.50. The minimum Gasteiger partial charge on any atom is -0.444 e. The molecule has 0 saturated carbocycles. The maximum atomic E-state index is 12.0. The van der Waals surface area contributed by atoms with E-state index in [0.29, 0.717) is 0 Å². The zero-order chi connectivity index (χ0) is 17.2. The molecule has 0 fully saturated rings. The molecule has 2 aromatic heterocycles. The van der Waals surface area contributed by atoms with Crippen LogP contribution in [-0.4, -0.2) is 27.7 Å². The fourth-order valence-electron chi connectivity index (χ4n) is 3.10.